The fraction of sp³-hybridized carbons (Fsp3) is 0.200. The first-order valence-electron chi connectivity index (χ1n) is 5.89. The summed E-state index contributed by atoms with van der Waals surface area (Å²) < 4.78 is 13.6. The first-order chi connectivity index (χ1) is 8.72. The van der Waals surface area contributed by atoms with Crippen LogP contribution in [0, 0.1) is 12.7 Å². The van der Waals surface area contributed by atoms with Crippen LogP contribution in [0.3, 0.4) is 0 Å². The van der Waals surface area contributed by atoms with E-state index in [-0.39, 0.29) is 11.1 Å². The Hall–Kier alpha value is -1.32. The summed E-state index contributed by atoms with van der Waals surface area (Å²) in [5.41, 5.74) is 8.19. The highest BCUT2D eigenvalue weighted by molar-refractivity contribution is 7.99. The van der Waals surface area contributed by atoms with Crippen molar-refractivity contribution in [2.24, 2.45) is 5.73 Å². The summed E-state index contributed by atoms with van der Waals surface area (Å²) in [6.07, 6.45) is 0. The molecule has 0 aliphatic heterocycles. The molecule has 94 valence electrons. The third kappa shape index (κ3) is 2.92. The van der Waals surface area contributed by atoms with E-state index in [0.717, 1.165) is 0 Å². The van der Waals surface area contributed by atoms with Gasteiger partial charge in [-0.1, -0.05) is 36.4 Å². The predicted octanol–water partition coefficient (Wildman–Crippen LogP) is 3.93. The number of nitrogens with two attached hydrogens (primary N) is 1. The van der Waals surface area contributed by atoms with Crippen LogP contribution >= 0.6 is 11.8 Å². The predicted molar refractivity (Wildman–Crippen MR) is 75.2 cm³/mol. The van der Waals surface area contributed by atoms with Gasteiger partial charge in [0.1, 0.15) is 5.82 Å². The van der Waals surface area contributed by atoms with E-state index in [4.69, 9.17) is 5.73 Å². The van der Waals surface area contributed by atoms with Gasteiger partial charge in [-0.25, -0.2) is 4.39 Å². The number of hydrogen-bond donors (Lipinski definition) is 1. The highest BCUT2D eigenvalue weighted by atomic mass is 32.2. The van der Waals surface area contributed by atoms with Gasteiger partial charge >= 0.3 is 0 Å². The number of thioether (sulfide) groups is 1. The highest BCUT2D eigenvalue weighted by Crippen LogP contribution is 2.36. The average molecular weight is 261 g/mol. The van der Waals surface area contributed by atoms with E-state index in [1.54, 1.807) is 12.1 Å². The van der Waals surface area contributed by atoms with Crippen LogP contribution < -0.4 is 5.73 Å². The minimum atomic E-state index is -0.186. The van der Waals surface area contributed by atoms with Crippen molar-refractivity contribution in [3.8, 4) is 0 Å². The zero-order valence-corrected chi connectivity index (χ0v) is 11.1. The maximum atomic E-state index is 13.6. The molecule has 2 aromatic rings. The largest absolute Gasteiger partial charge is 0.329 e. The maximum Gasteiger partial charge on any atom is 0.136 e. The third-order valence-corrected chi connectivity index (χ3v) is 4.17. The van der Waals surface area contributed by atoms with Crippen molar-refractivity contribution in [2.75, 3.05) is 6.54 Å². The van der Waals surface area contributed by atoms with E-state index in [0.29, 0.717) is 11.4 Å². The fourth-order valence-electron chi connectivity index (χ4n) is 1.88. The zero-order valence-electron chi connectivity index (χ0n) is 10.3. The van der Waals surface area contributed by atoms with E-state index in [1.807, 2.05) is 18.2 Å². The maximum absolute atomic E-state index is 13.6. The molecular formula is C15H16FNS. The monoisotopic (exact) mass is 261 g/mol. The van der Waals surface area contributed by atoms with Gasteiger partial charge in [-0.2, -0.15) is 0 Å². The van der Waals surface area contributed by atoms with Crippen LogP contribution in [0.5, 0.6) is 0 Å². The van der Waals surface area contributed by atoms with Crippen molar-refractivity contribution >= 4 is 11.8 Å². The summed E-state index contributed by atoms with van der Waals surface area (Å²) in [5.74, 6) is -0.186. The molecule has 0 saturated carbocycles. The van der Waals surface area contributed by atoms with Gasteiger partial charge in [-0.05, 0) is 30.2 Å². The van der Waals surface area contributed by atoms with Crippen molar-refractivity contribution in [3.63, 3.8) is 0 Å². The van der Waals surface area contributed by atoms with Crippen molar-refractivity contribution in [1.29, 1.82) is 0 Å². The molecule has 0 radical (unpaired) electrons. The van der Waals surface area contributed by atoms with Crippen molar-refractivity contribution in [2.45, 2.75) is 17.1 Å². The summed E-state index contributed by atoms with van der Waals surface area (Å²) in [6.45, 7) is 2.55. The topological polar surface area (TPSA) is 26.0 Å². The van der Waals surface area contributed by atoms with Gasteiger partial charge < -0.3 is 5.73 Å². The first-order valence-corrected chi connectivity index (χ1v) is 6.77. The molecule has 0 amide bonds. The Morgan fingerprint density at radius 2 is 1.78 bits per heavy atom. The second-order valence-electron chi connectivity index (χ2n) is 4.13. The molecule has 0 heterocycles. The number of benzene rings is 2. The van der Waals surface area contributed by atoms with Crippen LogP contribution in [0.4, 0.5) is 4.39 Å². The van der Waals surface area contributed by atoms with E-state index in [1.165, 1.54) is 29.0 Å². The van der Waals surface area contributed by atoms with E-state index < -0.39 is 0 Å². The summed E-state index contributed by atoms with van der Waals surface area (Å²) in [5, 5.41) is 0.0862. The molecule has 18 heavy (non-hydrogen) atoms. The standard InChI is InChI=1S/C15H16FNS/c1-11-6-2-3-7-12(11)15(10-17)18-14-9-5-4-8-13(14)16/h2-9,15H,10,17H2,1H3. The Morgan fingerprint density at radius 1 is 1.11 bits per heavy atom. The lowest BCUT2D eigenvalue weighted by molar-refractivity contribution is 0.601. The Kier molecular flexibility index (Phi) is 4.39. The van der Waals surface area contributed by atoms with Crippen LogP contribution in [0.1, 0.15) is 16.4 Å². The van der Waals surface area contributed by atoms with Crippen molar-refractivity contribution in [3.05, 3.63) is 65.5 Å². The molecule has 0 bridgehead atoms. The molecule has 0 spiro atoms. The van der Waals surface area contributed by atoms with Crippen LogP contribution in [-0.4, -0.2) is 6.54 Å². The number of rotatable bonds is 4. The van der Waals surface area contributed by atoms with Gasteiger partial charge in [0.2, 0.25) is 0 Å². The van der Waals surface area contributed by atoms with Crippen molar-refractivity contribution < 1.29 is 4.39 Å². The molecule has 1 unspecified atom stereocenters. The van der Waals surface area contributed by atoms with Crippen LogP contribution in [0.15, 0.2) is 53.4 Å². The van der Waals surface area contributed by atoms with Gasteiger partial charge in [-0.3, -0.25) is 0 Å². The molecule has 2 aromatic carbocycles. The van der Waals surface area contributed by atoms with E-state index in [9.17, 15) is 4.39 Å². The van der Waals surface area contributed by atoms with E-state index >= 15 is 0 Å². The van der Waals surface area contributed by atoms with Crippen molar-refractivity contribution in [1.82, 2.24) is 0 Å². The summed E-state index contributed by atoms with van der Waals surface area (Å²) in [4.78, 5) is 0.649. The lowest BCUT2D eigenvalue weighted by Gasteiger charge is -2.17. The smallest absolute Gasteiger partial charge is 0.136 e. The lowest BCUT2D eigenvalue weighted by Crippen LogP contribution is -2.10. The SMILES string of the molecule is Cc1ccccc1C(CN)Sc1ccccc1F. The minimum absolute atomic E-state index is 0.0862. The minimum Gasteiger partial charge on any atom is -0.329 e. The zero-order chi connectivity index (χ0) is 13.0. The van der Waals surface area contributed by atoms with Gasteiger partial charge in [0.25, 0.3) is 0 Å². The molecular weight excluding hydrogens is 245 g/mol. The third-order valence-electron chi connectivity index (χ3n) is 2.86. The van der Waals surface area contributed by atoms with Crippen LogP contribution in [0.25, 0.3) is 0 Å². The molecule has 2 rings (SSSR count). The van der Waals surface area contributed by atoms with Crippen LogP contribution in [-0.2, 0) is 0 Å². The quantitative estimate of drug-likeness (QED) is 0.844. The molecule has 1 atom stereocenters. The normalized spacial score (nSPS) is 12.4. The molecule has 1 nitrogen and oxygen atoms in total. The number of aryl methyl sites for hydroxylation is 1. The van der Waals surface area contributed by atoms with Crippen LogP contribution in [0.2, 0.25) is 0 Å². The summed E-state index contributed by atoms with van der Waals surface area (Å²) in [7, 11) is 0. The average Bonchev–Trinajstić information content (AvgIpc) is 2.39. The first kappa shape index (κ1) is 13.1. The second kappa shape index (κ2) is 6.03. The molecule has 3 heteroatoms. The Labute approximate surface area is 111 Å². The van der Waals surface area contributed by atoms with Gasteiger partial charge in [0.05, 0.1) is 0 Å². The van der Waals surface area contributed by atoms with Gasteiger partial charge in [0, 0.05) is 16.7 Å². The molecule has 0 saturated heterocycles. The Morgan fingerprint density at radius 3 is 2.44 bits per heavy atom. The second-order valence-corrected chi connectivity index (χ2v) is 5.37. The molecule has 2 N–H and O–H groups in total. The Bertz CT molecular complexity index is 527. The molecule has 0 aliphatic carbocycles. The lowest BCUT2D eigenvalue weighted by atomic mass is 10.1. The molecule has 0 aliphatic rings. The fourth-order valence-corrected chi connectivity index (χ4v) is 3.01. The van der Waals surface area contributed by atoms with Gasteiger partial charge in [-0.15, -0.1) is 11.8 Å². The van der Waals surface area contributed by atoms with E-state index in [2.05, 4.69) is 19.1 Å². The molecule has 0 fully saturated rings. The number of hydrogen-bond acceptors (Lipinski definition) is 2. The highest BCUT2D eigenvalue weighted by Gasteiger charge is 2.15. The number of halogens is 1. The van der Waals surface area contributed by atoms with Gasteiger partial charge in [0.15, 0.2) is 0 Å². The summed E-state index contributed by atoms with van der Waals surface area (Å²) >= 11 is 1.48. The summed E-state index contributed by atoms with van der Waals surface area (Å²) in [6, 6.07) is 14.9. The molecule has 0 aromatic heterocycles. The Balaban J connectivity index is 2.26.